The minimum atomic E-state index is -0.204. The fraction of sp³-hybridized carbons (Fsp3) is 0.400. The maximum absolute atomic E-state index is 13.6. The van der Waals surface area contributed by atoms with E-state index >= 15 is 0 Å². The quantitative estimate of drug-likeness (QED) is 0.898. The van der Waals surface area contributed by atoms with Crippen molar-refractivity contribution in [1.82, 2.24) is 14.9 Å². The molecule has 1 unspecified atom stereocenters. The third-order valence-corrected chi connectivity index (χ3v) is 3.93. The molecule has 3 nitrogen and oxygen atoms in total. The van der Waals surface area contributed by atoms with E-state index in [1.54, 1.807) is 18.5 Å². The summed E-state index contributed by atoms with van der Waals surface area (Å²) in [6, 6.07) is 5.09. The van der Waals surface area contributed by atoms with Crippen LogP contribution in [0, 0.1) is 12.7 Å². The van der Waals surface area contributed by atoms with E-state index in [0.29, 0.717) is 0 Å². The number of imidazole rings is 1. The Morgan fingerprint density at radius 3 is 2.89 bits per heavy atom. The number of aromatic nitrogens is 2. The van der Waals surface area contributed by atoms with Gasteiger partial charge in [0.15, 0.2) is 0 Å². The molecule has 2 heterocycles. The molecule has 1 aliphatic rings. The van der Waals surface area contributed by atoms with Crippen molar-refractivity contribution in [2.45, 2.75) is 25.7 Å². The molecule has 0 radical (unpaired) electrons. The van der Waals surface area contributed by atoms with Crippen LogP contribution in [0.4, 0.5) is 4.39 Å². The van der Waals surface area contributed by atoms with Crippen molar-refractivity contribution in [3.63, 3.8) is 0 Å². The average molecular weight is 259 g/mol. The highest BCUT2D eigenvalue weighted by molar-refractivity contribution is 5.39. The molecule has 2 aromatic rings. The van der Waals surface area contributed by atoms with E-state index in [1.807, 2.05) is 23.8 Å². The van der Waals surface area contributed by atoms with Gasteiger partial charge in [-0.3, -0.25) is 0 Å². The Balaban J connectivity index is 2.09. The fourth-order valence-corrected chi connectivity index (χ4v) is 2.84. The molecule has 19 heavy (non-hydrogen) atoms. The fourth-order valence-electron chi connectivity index (χ4n) is 2.84. The number of nitrogens with zero attached hydrogens (tertiary/aromatic N) is 2. The molecule has 1 saturated heterocycles. The monoisotopic (exact) mass is 259 g/mol. The van der Waals surface area contributed by atoms with Crippen LogP contribution in [0.15, 0.2) is 30.7 Å². The lowest BCUT2D eigenvalue weighted by Crippen LogP contribution is -2.27. The molecule has 0 amide bonds. The molecule has 1 aliphatic heterocycles. The maximum Gasteiger partial charge on any atom is 0.125 e. The van der Waals surface area contributed by atoms with E-state index in [2.05, 4.69) is 17.2 Å². The standard InChI is InChI=1S/C15H18FN3/c1-11-5-12(16)7-13(6-11)19-10-18-8-14(19)15(2)3-4-17-9-15/h5-8,10,17H,3-4,9H2,1-2H3. The Morgan fingerprint density at radius 1 is 1.37 bits per heavy atom. The second kappa shape index (κ2) is 4.46. The van der Waals surface area contributed by atoms with Gasteiger partial charge in [-0.15, -0.1) is 0 Å². The Kier molecular flexibility index (Phi) is 2.90. The maximum atomic E-state index is 13.6. The number of aryl methyl sites for hydroxylation is 1. The zero-order chi connectivity index (χ0) is 13.5. The van der Waals surface area contributed by atoms with E-state index in [9.17, 15) is 4.39 Å². The summed E-state index contributed by atoms with van der Waals surface area (Å²) in [4.78, 5) is 4.26. The highest BCUT2D eigenvalue weighted by Crippen LogP contribution is 2.31. The van der Waals surface area contributed by atoms with E-state index in [0.717, 1.165) is 36.5 Å². The molecule has 1 fully saturated rings. The van der Waals surface area contributed by atoms with Gasteiger partial charge in [0.2, 0.25) is 0 Å². The summed E-state index contributed by atoms with van der Waals surface area (Å²) in [5.41, 5.74) is 2.97. The summed E-state index contributed by atoms with van der Waals surface area (Å²) in [5, 5.41) is 3.39. The van der Waals surface area contributed by atoms with Gasteiger partial charge in [0.05, 0.1) is 6.33 Å². The van der Waals surface area contributed by atoms with E-state index in [-0.39, 0.29) is 11.2 Å². The zero-order valence-corrected chi connectivity index (χ0v) is 11.3. The molecule has 1 atom stereocenters. The van der Waals surface area contributed by atoms with Crippen LogP contribution in [0.25, 0.3) is 5.69 Å². The van der Waals surface area contributed by atoms with E-state index in [1.165, 1.54) is 0 Å². The molecule has 0 saturated carbocycles. The van der Waals surface area contributed by atoms with Crippen LogP contribution in [0.2, 0.25) is 0 Å². The summed E-state index contributed by atoms with van der Waals surface area (Å²) in [6.45, 7) is 6.09. The van der Waals surface area contributed by atoms with Gasteiger partial charge >= 0.3 is 0 Å². The van der Waals surface area contributed by atoms with Gasteiger partial charge in [-0.2, -0.15) is 0 Å². The molecule has 1 aromatic carbocycles. The SMILES string of the molecule is Cc1cc(F)cc(-n2cncc2C2(C)CCNC2)c1. The van der Waals surface area contributed by atoms with Crippen molar-refractivity contribution in [1.29, 1.82) is 0 Å². The van der Waals surface area contributed by atoms with Gasteiger partial charge < -0.3 is 9.88 Å². The Labute approximate surface area is 112 Å². The van der Waals surface area contributed by atoms with Crippen molar-refractivity contribution in [3.8, 4) is 5.69 Å². The molecular weight excluding hydrogens is 241 g/mol. The number of hydrogen-bond acceptors (Lipinski definition) is 2. The van der Waals surface area contributed by atoms with Crippen LogP contribution in [0.1, 0.15) is 24.6 Å². The predicted octanol–water partition coefficient (Wildman–Crippen LogP) is 2.57. The van der Waals surface area contributed by atoms with Crippen molar-refractivity contribution < 1.29 is 4.39 Å². The largest absolute Gasteiger partial charge is 0.316 e. The summed E-state index contributed by atoms with van der Waals surface area (Å²) in [6.07, 6.45) is 4.74. The van der Waals surface area contributed by atoms with Gasteiger partial charge in [0.1, 0.15) is 5.82 Å². The van der Waals surface area contributed by atoms with E-state index in [4.69, 9.17) is 0 Å². The number of halogens is 1. The van der Waals surface area contributed by atoms with Crippen molar-refractivity contribution >= 4 is 0 Å². The highest BCUT2D eigenvalue weighted by atomic mass is 19.1. The van der Waals surface area contributed by atoms with Crippen LogP contribution in [0.5, 0.6) is 0 Å². The third kappa shape index (κ3) is 2.16. The second-order valence-electron chi connectivity index (χ2n) is 5.62. The number of rotatable bonds is 2. The summed E-state index contributed by atoms with van der Waals surface area (Å²) >= 11 is 0. The Hall–Kier alpha value is -1.68. The van der Waals surface area contributed by atoms with Gasteiger partial charge in [-0.25, -0.2) is 9.37 Å². The Bertz CT molecular complexity index is 577. The third-order valence-electron chi connectivity index (χ3n) is 3.93. The first-order valence-electron chi connectivity index (χ1n) is 6.60. The average Bonchev–Trinajstić information content (AvgIpc) is 2.96. The topological polar surface area (TPSA) is 29.9 Å². The lowest BCUT2D eigenvalue weighted by molar-refractivity contribution is 0.498. The minimum absolute atomic E-state index is 0.0662. The predicted molar refractivity (Wildman–Crippen MR) is 73.1 cm³/mol. The normalized spacial score (nSPS) is 22.9. The van der Waals surface area contributed by atoms with Crippen LogP contribution in [-0.2, 0) is 5.41 Å². The molecule has 1 aromatic heterocycles. The number of benzene rings is 1. The van der Waals surface area contributed by atoms with Crippen LogP contribution in [0.3, 0.4) is 0 Å². The summed E-state index contributed by atoms with van der Waals surface area (Å²) < 4.78 is 15.6. The molecule has 0 bridgehead atoms. The van der Waals surface area contributed by atoms with Crippen molar-refractivity contribution in [2.75, 3.05) is 13.1 Å². The smallest absolute Gasteiger partial charge is 0.125 e. The van der Waals surface area contributed by atoms with Gasteiger partial charge in [-0.05, 0) is 43.7 Å². The Morgan fingerprint density at radius 2 is 2.21 bits per heavy atom. The first-order chi connectivity index (χ1) is 9.08. The summed E-state index contributed by atoms with van der Waals surface area (Å²) in [7, 11) is 0. The van der Waals surface area contributed by atoms with Gasteiger partial charge in [0, 0.05) is 29.5 Å². The number of nitrogens with one attached hydrogen (secondary N) is 1. The molecule has 4 heteroatoms. The first kappa shape index (κ1) is 12.4. The second-order valence-corrected chi connectivity index (χ2v) is 5.62. The van der Waals surface area contributed by atoms with Gasteiger partial charge in [-0.1, -0.05) is 6.92 Å². The number of hydrogen-bond donors (Lipinski definition) is 1. The van der Waals surface area contributed by atoms with Crippen LogP contribution < -0.4 is 5.32 Å². The van der Waals surface area contributed by atoms with Crippen LogP contribution in [-0.4, -0.2) is 22.6 Å². The minimum Gasteiger partial charge on any atom is -0.316 e. The first-order valence-corrected chi connectivity index (χ1v) is 6.60. The van der Waals surface area contributed by atoms with Crippen LogP contribution >= 0.6 is 0 Å². The van der Waals surface area contributed by atoms with Crippen molar-refractivity contribution in [3.05, 3.63) is 47.8 Å². The van der Waals surface area contributed by atoms with Crippen molar-refractivity contribution in [2.24, 2.45) is 0 Å². The zero-order valence-electron chi connectivity index (χ0n) is 11.3. The molecule has 1 N–H and O–H groups in total. The molecule has 0 spiro atoms. The molecule has 0 aliphatic carbocycles. The molecular formula is C15H18FN3. The highest BCUT2D eigenvalue weighted by Gasteiger charge is 2.33. The lowest BCUT2D eigenvalue weighted by atomic mass is 9.86. The lowest BCUT2D eigenvalue weighted by Gasteiger charge is -2.24. The molecule has 100 valence electrons. The molecule has 3 rings (SSSR count). The summed E-state index contributed by atoms with van der Waals surface area (Å²) in [5.74, 6) is -0.204. The van der Waals surface area contributed by atoms with Gasteiger partial charge in [0.25, 0.3) is 0 Å². The van der Waals surface area contributed by atoms with E-state index < -0.39 is 0 Å².